The molecular weight excluding hydrogens is 338 g/mol. The second-order valence-electron chi connectivity index (χ2n) is 4.58. The molecule has 0 radical (unpaired) electrons. The highest BCUT2D eigenvalue weighted by Gasteiger charge is 2.07. The fraction of sp³-hybridized carbons (Fsp3) is 0.250. The third kappa shape index (κ3) is 3.98. The Hall–Kier alpha value is -1.03. The third-order valence-electron chi connectivity index (χ3n) is 2.88. The van der Waals surface area contributed by atoms with Crippen molar-refractivity contribution in [2.75, 3.05) is 6.54 Å². The van der Waals surface area contributed by atoms with Crippen LogP contribution >= 0.6 is 27.5 Å². The predicted octanol–water partition coefficient (Wildman–Crippen LogP) is 5.31. The Bertz CT molecular complexity index is 601. The SMILES string of the molecule is CCNCc1ccc(Oc2ccc(C)cc2Cl)c(Br)c1. The van der Waals surface area contributed by atoms with Crippen LogP contribution in [0.3, 0.4) is 0 Å². The van der Waals surface area contributed by atoms with Crippen LogP contribution in [-0.2, 0) is 6.54 Å². The topological polar surface area (TPSA) is 21.3 Å². The Kier molecular flexibility index (Phi) is 5.46. The molecular formula is C16H17BrClNO. The summed E-state index contributed by atoms with van der Waals surface area (Å²) < 4.78 is 6.78. The van der Waals surface area contributed by atoms with E-state index in [-0.39, 0.29) is 0 Å². The molecule has 106 valence electrons. The Morgan fingerprint density at radius 2 is 1.90 bits per heavy atom. The van der Waals surface area contributed by atoms with Crippen LogP contribution in [-0.4, -0.2) is 6.54 Å². The van der Waals surface area contributed by atoms with Crippen molar-refractivity contribution in [1.29, 1.82) is 0 Å². The molecule has 0 amide bonds. The monoisotopic (exact) mass is 353 g/mol. The van der Waals surface area contributed by atoms with Gasteiger partial charge in [-0.25, -0.2) is 0 Å². The third-order valence-corrected chi connectivity index (χ3v) is 3.80. The van der Waals surface area contributed by atoms with Crippen molar-refractivity contribution in [3.8, 4) is 11.5 Å². The summed E-state index contributed by atoms with van der Waals surface area (Å²) in [4.78, 5) is 0. The van der Waals surface area contributed by atoms with Crippen molar-refractivity contribution in [2.24, 2.45) is 0 Å². The van der Waals surface area contributed by atoms with Gasteiger partial charge in [0.1, 0.15) is 11.5 Å². The molecule has 20 heavy (non-hydrogen) atoms. The summed E-state index contributed by atoms with van der Waals surface area (Å²) in [6, 6.07) is 11.8. The summed E-state index contributed by atoms with van der Waals surface area (Å²) in [7, 11) is 0. The van der Waals surface area contributed by atoms with E-state index >= 15 is 0 Å². The summed E-state index contributed by atoms with van der Waals surface area (Å²) >= 11 is 9.72. The molecule has 4 heteroatoms. The van der Waals surface area contributed by atoms with Crippen LogP contribution in [0.2, 0.25) is 5.02 Å². The summed E-state index contributed by atoms with van der Waals surface area (Å²) in [5.41, 5.74) is 2.32. The van der Waals surface area contributed by atoms with Crippen molar-refractivity contribution < 1.29 is 4.74 Å². The van der Waals surface area contributed by atoms with E-state index in [1.807, 2.05) is 37.3 Å². The lowest BCUT2D eigenvalue weighted by molar-refractivity contribution is 0.479. The first-order chi connectivity index (χ1) is 9.60. The van der Waals surface area contributed by atoms with Crippen LogP contribution < -0.4 is 10.1 Å². The standard InChI is InChI=1S/C16H17BrClNO/c1-3-19-10-12-5-7-15(13(17)9-12)20-16-6-4-11(2)8-14(16)18/h4-9,19H,3,10H2,1-2H3. The molecule has 2 nitrogen and oxygen atoms in total. The van der Waals surface area contributed by atoms with Crippen LogP contribution in [0.1, 0.15) is 18.1 Å². The molecule has 2 aromatic rings. The lowest BCUT2D eigenvalue weighted by Crippen LogP contribution is -2.11. The van der Waals surface area contributed by atoms with Gasteiger partial charge >= 0.3 is 0 Å². The summed E-state index contributed by atoms with van der Waals surface area (Å²) in [5.74, 6) is 1.42. The number of ether oxygens (including phenoxy) is 1. The van der Waals surface area contributed by atoms with Gasteiger partial charge in [-0.05, 0) is 64.8 Å². The fourth-order valence-electron chi connectivity index (χ4n) is 1.81. The van der Waals surface area contributed by atoms with E-state index in [0.717, 1.165) is 28.9 Å². The number of aryl methyl sites for hydroxylation is 1. The molecule has 0 bridgehead atoms. The Morgan fingerprint density at radius 3 is 2.55 bits per heavy atom. The van der Waals surface area contributed by atoms with Crippen LogP contribution in [0.4, 0.5) is 0 Å². The van der Waals surface area contributed by atoms with Gasteiger partial charge in [0.25, 0.3) is 0 Å². The zero-order chi connectivity index (χ0) is 14.5. The molecule has 0 fully saturated rings. The van der Waals surface area contributed by atoms with Gasteiger partial charge in [0.05, 0.1) is 9.50 Å². The van der Waals surface area contributed by atoms with Gasteiger partial charge in [0.2, 0.25) is 0 Å². The largest absolute Gasteiger partial charge is 0.455 e. The van der Waals surface area contributed by atoms with Crippen molar-refractivity contribution >= 4 is 27.5 Å². The number of benzene rings is 2. The Morgan fingerprint density at radius 1 is 1.15 bits per heavy atom. The minimum atomic E-state index is 0.619. The molecule has 0 atom stereocenters. The molecule has 0 unspecified atom stereocenters. The number of nitrogens with one attached hydrogen (secondary N) is 1. The lowest BCUT2D eigenvalue weighted by atomic mass is 10.2. The summed E-state index contributed by atoms with van der Waals surface area (Å²) in [5, 5.41) is 3.91. The van der Waals surface area contributed by atoms with E-state index in [1.165, 1.54) is 5.56 Å². The first-order valence-electron chi connectivity index (χ1n) is 6.53. The normalized spacial score (nSPS) is 10.6. The average molecular weight is 355 g/mol. The van der Waals surface area contributed by atoms with E-state index in [9.17, 15) is 0 Å². The van der Waals surface area contributed by atoms with Crippen LogP contribution in [0.15, 0.2) is 40.9 Å². The van der Waals surface area contributed by atoms with E-state index in [2.05, 4.69) is 34.2 Å². The zero-order valence-corrected chi connectivity index (χ0v) is 13.9. The Balaban J connectivity index is 2.17. The maximum absolute atomic E-state index is 6.18. The smallest absolute Gasteiger partial charge is 0.146 e. The lowest BCUT2D eigenvalue weighted by Gasteiger charge is -2.11. The molecule has 0 aromatic heterocycles. The zero-order valence-electron chi connectivity index (χ0n) is 11.5. The molecule has 0 saturated heterocycles. The molecule has 0 aliphatic heterocycles. The highest BCUT2D eigenvalue weighted by atomic mass is 79.9. The average Bonchev–Trinajstić information content (AvgIpc) is 2.42. The first-order valence-corrected chi connectivity index (χ1v) is 7.70. The van der Waals surface area contributed by atoms with Crippen LogP contribution in [0.25, 0.3) is 0 Å². The molecule has 0 saturated carbocycles. The van der Waals surface area contributed by atoms with Gasteiger partial charge < -0.3 is 10.1 Å². The summed E-state index contributed by atoms with van der Waals surface area (Å²) in [6.45, 7) is 5.89. The van der Waals surface area contributed by atoms with Crippen molar-refractivity contribution in [3.05, 3.63) is 57.0 Å². The Labute approximate surface area is 133 Å². The van der Waals surface area contributed by atoms with E-state index < -0.39 is 0 Å². The predicted molar refractivity (Wildman–Crippen MR) is 87.8 cm³/mol. The molecule has 0 aliphatic carbocycles. The van der Waals surface area contributed by atoms with Gasteiger partial charge in [0, 0.05) is 6.54 Å². The summed E-state index contributed by atoms with van der Waals surface area (Å²) in [6.07, 6.45) is 0. The second-order valence-corrected chi connectivity index (χ2v) is 5.84. The maximum atomic E-state index is 6.18. The van der Waals surface area contributed by atoms with Gasteiger partial charge in [0.15, 0.2) is 0 Å². The van der Waals surface area contributed by atoms with E-state index in [0.29, 0.717) is 10.8 Å². The van der Waals surface area contributed by atoms with Crippen molar-refractivity contribution in [3.63, 3.8) is 0 Å². The number of hydrogen-bond acceptors (Lipinski definition) is 2. The van der Waals surface area contributed by atoms with E-state index in [1.54, 1.807) is 0 Å². The number of halogens is 2. The van der Waals surface area contributed by atoms with Gasteiger partial charge in [-0.3, -0.25) is 0 Å². The minimum Gasteiger partial charge on any atom is -0.455 e. The molecule has 2 rings (SSSR count). The molecule has 0 aliphatic rings. The number of hydrogen-bond donors (Lipinski definition) is 1. The molecule has 1 N–H and O–H groups in total. The molecule has 2 aromatic carbocycles. The highest BCUT2D eigenvalue weighted by Crippen LogP contribution is 2.34. The maximum Gasteiger partial charge on any atom is 0.146 e. The minimum absolute atomic E-state index is 0.619. The van der Waals surface area contributed by atoms with E-state index in [4.69, 9.17) is 16.3 Å². The van der Waals surface area contributed by atoms with Crippen molar-refractivity contribution in [1.82, 2.24) is 5.32 Å². The number of rotatable bonds is 5. The van der Waals surface area contributed by atoms with Gasteiger partial charge in [-0.15, -0.1) is 0 Å². The van der Waals surface area contributed by atoms with Gasteiger partial charge in [-0.1, -0.05) is 30.7 Å². The quantitative estimate of drug-likeness (QED) is 0.785. The molecule has 0 heterocycles. The fourth-order valence-corrected chi connectivity index (χ4v) is 2.59. The van der Waals surface area contributed by atoms with Crippen molar-refractivity contribution in [2.45, 2.75) is 20.4 Å². The second kappa shape index (κ2) is 7.11. The van der Waals surface area contributed by atoms with Gasteiger partial charge in [-0.2, -0.15) is 0 Å². The van der Waals surface area contributed by atoms with Crippen LogP contribution in [0, 0.1) is 6.92 Å². The molecule has 0 spiro atoms. The first kappa shape index (κ1) is 15.4. The van der Waals surface area contributed by atoms with Crippen LogP contribution in [0.5, 0.6) is 11.5 Å². The highest BCUT2D eigenvalue weighted by molar-refractivity contribution is 9.10.